The molecular weight excluding hydrogens is 362 g/mol. The number of rotatable bonds is 5. The third-order valence-electron chi connectivity index (χ3n) is 4.45. The van der Waals surface area contributed by atoms with Gasteiger partial charge >= 0.3 is 0 Å². The van der Waals surface area contributed by atoms with Gasteiger partial charge in [-0.05, 0) is 51.1 Å². The van der Waals surface area contributed by atoms with Crippen LogP contribution in [0.3, 0.4) is 0 Å². The average molecular weight is 383 g/mol. The molecule has 0 radical (unpaired) electrons. The fraction of sp³-hybridized carbons (Fsp3) is 0.368. The van der Waals surface area contributed by atoms with Gasteiger partial charge in [-0.25, -0.2) is 4.98 Å². The minimum atomic E-state index is -0.119. The van der Waals surface area contributed by atoms with Crippen LogP contribution in [0.1, 0.15) is 24.1 Å². The lowest BCUT2D eigenvalue weighted by atomic mass is 9.96. The van der Waals surface area contributed by atoms with E-state index in [1.165, 1.54) is 11.3 Å². The zero-order valence-electron chi connectivity index (χ0n) is 15.1. The maximum Gasteiger partial charge on any atom is 0.238 e. The zero-order chi connectivity index (χ0) is 19.2. The highest BCUT2D eigenvalue weighted by Crippen LogP contribution is 2.21. The molecule has 0 bridgehead atoms. The van der Waals surface area contributed by atoms with Crippen LogP contribution in [0.5, 0.6) is 0 Å². The molecule has 0 atom stereocenters. The summed E-state index contributed by atoms with van der Waals surface area (Å²) in [5.74, 6) is -0.172. The summed E-state index contributed by atoms with van der Waals surface area (Å²) < 4.78 is 0. The van der Waals surface area contributed by atoms with E-state index in [0.717, 1.165) is 5.69 Å². The maximum atomic E-state index is 12.3. The molecule has 7 nitrogen and oxygen atoms in total. The van der Waals surface area contributed by atoms with E-state index in [9.17, 15) is 9.59 Å². The zero-order valence-corrected chi connectivity index (χ0v) is 15.9. The molecular formula is C19H21N5O2S. The highest BCUT2D eigenvalue weighted by atomic mass is 32.1. The number of carbonyl (C=O) groups excluding carboxylic acids is 2. The molecule has 2 N–H and O–H groups in total. The van der Waals surface area contributed by atoms with Crippen molar-refractivity contribution in [2.24, 2.45) is 5.92 Å². The van der Waals surface area contributed by atoms with E-state index in [1.807, 2.05) is 17.2 Å². The van der Waals surface area contributed by atoms with Crippen molar-refractivity contribution in [3.8, 4) is 6.07 Å². The van der Waals surface area contributed by atoms with Crippen LogP contribution in [0, 0.1) is 24.2 Å². The van der Waals surface area contributed by atoms with Crippen molar-refractivity contribution in [2.75, 3.05) is 30.3 Å². The van der Waals surface area contributed by atoms with Crippen LogP contribution in [0.15, 0.2) is 29.6 Å². The van der Waals surface area contributed by atoms with Gasteiger partial charge < -0.3 is 10.6 Å². The molecule has 1 aromatic heterocycles. The van der Waals surface area contributed by atoms with Gasteiger partial charge in [0.15, 0.2) is 5.13 Å². The molecule has 140 valence electrons. The van der Waals surface area contributed by atoms with Gasteiger partial charge in [0.1, 0.15) is 0 Å². The van der Waals surface area contributed by atoms with Gasteiger partial charge in [0, 0.05) is 17.0 Å². The normalized spacial score (nSPS) is 15.1. The van der Waals surface area contributed by atoms with Crippen molar-refractivity contribution in [3.63, 3.8) is 0 Å². The Bertz CT molecular complexity index is 865. The van der Waals surface area contributed by atoms with Crippen molar-refractivity contribution in [1.29, 1.82) is 5.26 Å². The van der Waals surface area contributed by atoms with Crippen LogP contribution in [0.25, 0.3) is 0 Å². The van der Waals surface area contributed by atoms with Gasteiger partial charge in [0.25, 0.3) is 0 Å². The van der Waals surface area contributed by atoms with Gasteiger partial charge in [0.2, 0.25) is 11.8 Å². The van der Waals surface area contributed by atoms with E-state index in [-0.39, 0.29) is 24.3 Å². The van der Waals surface area contributed by atoms with Crippen LogP contribution in [-0.4, -0.2) is 41.3 Å². The Balaban J connectivity index is 1.44. The molecule has 2 aromatic rings. The molecule has 1 saturated heterocycles. The first-order valence-corrected chi connectivity index (χ1v) is 9.67. The molecule has 2 amide bonds. The minimum absolute atomic E-state index is 0.00164. The maximum absolute atomic E-state index is 12.3. The quantitative estimate of drug-likeness (QED) is 0.827. The van der Waals surface area contributed by atoms with Crippen molar-refractivity contribution in [1.82, 2.24) is 9.88 Å². The molecule has 2 heterocycles. The molecule has 0 unspecified atom stereocenters. The molecule has 27 heavy (non-hydrogen) atoms. The number of hydrogen-bond donors (Lipinski definition) is 2. The first kappa shape index (κ1) is 19.0. The van der Waals surface area contributed by atoms with Crippen LogP contribution in [0.2, 0.25) is 0 Å². The Hall–Kier alpha value is -2.76. The first-order chi connectivity index (χ1) is 13.0. The summed E-state index contributed by atoms with van der Waals surface area (Å²) >= 11 is 1.43. The highest BCUT2D eigenvalue weighted by Gasteiger charge is 2.26. The summed E-state index contributed by atoms with van der Waals surface area (Å²) in [6.07, 6.45) is 1.43. The number of carbonyl (C=O) groups is 2. The third kappa shape index (κ3) is 5.36. The Labute approximate surface area is 162 Å². The second kappa shape index (κ2) is 8.75. The summed E-state index contributed by atoms with van der Waals surface area (Å²) in [6.45, 7) is 3.56. The van der Waals surface area contributed by atoms with E-state index >= 15 is 0 Å². The number of thiazole rings is 1. The van der Waals surface area contributed by atoms with E-state index in [4.69, 9.17) is 5.26 Å². The number of amides is 2. The summed E-state index contributed by atoms with van der Waals surface area (Å²) in [6, 6.07) is 8.89. The SMILES string of the molecule is Cc1csc(NC(=O)C2CCN(CC(=O)Nc3cccc(C#N)c3)CC2)n1. The van der Waals surface area contributed by atoms with E-state index in [1.54, 1.807) is 24.3 Å². The third-order valence-corrected chi connectivity index (χ3v) is 5.33. The Morgan fingerprint density at radius 1 is 1.33 bits per heavy atom. The smallest absolute Gasteiger partial charge is 0.238 e. The van der Waals surface area contributed by atoms with Gasteiger partial charge in [-0.2, -0.15) is 5.26 Å². The number of benzene rings is 1. The monoisotopic (exact) mass is 383 g/mol. The van der Waals surface area contributed by atoms with Crippen molar-refractivity contribution >= 4 is 34.0 Å². The van der Waals surface area contributed by atoms with Crippen molar-refractivity contribution in [2.45, 2.75) is 19.8 Å². The predicted octanol–water partition coefficient (Wildman–Crippen LogP) is 2.61. The lowest BCUT2D eigenvalue weighted by Gasteiger charge is -2.30. The number of nitrogens with one attached hydrogen (secondary N) is 2. The molecule has 0 spiro atoms. The molecule has 8 heteroatoms. The van der Waals surface area contributed by atoms with E-state index < -0.39 is 0 Å². The number of nitriles is 1. The second-order valence-electron chi connectivity index (χ2n) is 6.57. The van der Waals surface area contributed by atoms with Gasteiger partial charge in [-0.1, -0.05) is 6.07 Å². The van der Waals surface area contributed by atoms with Crippen LogP contribution in [0.4, 0.5) is 10.8 Å². The van der Waals surface area contributed by atoms with Crippen molar-refractivity contribution < 1.29 is 9.59 Å². The number of likely N-dealkylation sites (tertiary alicyclic amines) is 1. The molecule has 1 aliphatic heterocycles. The lowest BCUT2D eigenvalue weighted by molar-refractivity contribution is -0.121. The van der Waals surface area contributed by atoms with Crippen LogP contribution < -0.4 is 10.6 Å². The predicted molar refractivity (Wildman–Crippen MR) is 104 cm³/mol. The first-order valence-electron chi connectivity index (χ1n) is 8.79. The Morgan fingerprint density at radius 2 is 2.11 bits per heavy atom. The highest BCUT2D eigenvalue weighted by molar-refractivity contribution is 7.13. The number of aromatic nitrogens is 1. The second-order valence-corrected chi connectivity index (χ2v) is 7.43. The Kier molecular flexibility index (Phi) is 6.16. The Morgan fingerprint density at radius 3 is 2.78 bits per heavy atom. The van der Waals surface area contributed by atoms with Gasteiger partial charge in [-0.3, -0.25) is 14.5 Å². The van der Waals surface area contributed by atoms with E-state index in [2.05, 4.69) is 21.7 Å². The van der Waals surface area contributed by atoms with E-state index in [0.29, 0.717) is 42.3 Å². The summed E-state index contributed by atoms with van der Waals surface area (Å²) in [7, 11) is 0. The molecule has 3 rings (SSSR count). The number of anilines is 2. The largest absolute Gasteiger partial charge is 0.325 e. The van der Waals surface area contributed by atoms with Crippen LogP contribution in [-0.2, 0) is 9.59 Å². The van der Waals surface area contributed by atoms with Crippen molar-refractivity contribution in [3.05, 3.63) is 40.9 Å². The number of piperidine rings is 1. The number of nitrogens with zero attached hydrogens (tertiary/aromatic N) is 3. The van der Waals surface area contributed by atoms with Gasteiger partial charge in [-0.15, -0.1) is 11.3 Å². The topological polar surface area (TPSA) is 98.1 Å². The summed E-state index contributed by atoms with van der Waals surface area (Å²) in [5.41, 5.74) is 2.03. The molecule has 0 saturated carbocycles. The number of aryl methyl sites for hydroxylation is 1. The average Bonchev–Trinajstić information content (AvgIpc) is 3.07. The van der Waals surface area contributed by atoms with Gasteiger partial charge in [0.05, 0.1) is 23.9 Å². The summed E-state index contributed by atoms with van der Waals surface area (Å²) in [4.78, 5) is 30.9. The molecule has 1 aromatic carbocycles. The molecule has 1 aliphatic rings. The fourth-order valence-corrected chi connectivity index (χ4v) is 3.73. The standard InChI is InChI=1S/C19H21N5O2S/c1-13-12-27-19(21-13)23-18(26)15-5-7-24(8-6-15)11-17(25)22-16-4-2-3-14(9-16)10-20/h2-4,9,12,15H,5-8,11H2,1H3,(H,22,25)(H,21,23,26). The molecule has 0 aliphatic carbocycles. The van der Waals surface area contributed by atoms with Crippen LogP contribution >= 0.6 is 11.3 Å². The lowest BCUT2D eigenvalue weighted by Crippen LogP contribution is -2.41. The minimum Gasteiger partial charge on any atom is -0.325 e. The fourth-order valence-electron chi connectivity index (χ4n) is 3.04. The summed E-state index contributed by atoms with van der Waals surface area (Å²) in [5, 5.41) is 17.1. The number of hydrogen-bond acceptors (Lipinski definition) is 6. The molecule has 1 fully saturated rings.